The Kier molecular flexibility index (Phi) is 10.0. The molecule has 4 atom stereocenters. The molecule has 2 rings (SSSR count). The first-order chi connectivity index (χ1) is 16.0. The summed E-state index contributed by atoms with van der Waals surface area (Å²) < 4.78 is 5.50. The van der Waals surface area contributed by atoms with Crippen LogP contribution in [0.4, 0.5) is 0 Å². The van der Waals surface area contributed by atoms with E-state index in [1.807, 2.05) is 0 Å². The SMILES string of the molecule is CC(=O)OC(CC(C)C(C)C)c1nc(C(=O)NC(Cc2ccc([OH2+])cc2)CC(C)C(=O)O)cs1. The van der Waals surface area contributed by atoms with Crippen LogP contribution in [0.3, 0.4) is 0 Å². The second-order valence-corrected chi connectivity index (χ2v) is 10.1. The lowest BCUT2D eigenvalue weighted by molar-refractivity contribution is -0.147. The topological polar surface area (TPSA) is 128 Å². The summed E-state index contributed by atoms with van der Waals surface area (Å²) in [7, 11) is 0. The van der Waals surface area contributed by atoms with Gasteiger partial charge in [-0.05, 0) is 48.8 Å². The van der Waals surface area contributed by atoms with E-state index in [0.29, 0.717) is 35.4 Å². The first-order valence-corrected chi connectivity index (χ1v) is 12.3. The molecule has 0 aliphatic rings. The normalized spacial score (nSPS) is 14.8. The Balaban J connectivity index is 2.17. The molecule has 4 unspecified atom stereocenters. The maximum absolute atomic E-state index is 13.0. The van der Waals surface area contributed by atoms with Crippen LogP contribution in [0.2, 0.25) is 0 Å². The monoisotopic (exact) mass is 491 g/mol. The van der Waals surface area contributed by atoms with Crippen molar-refractivity contribution in [3.05, 3.63) is 45.9 Å². The van der Waals surface area contributed by atoms with Crippen LogP contribution < -0.4 is 5.32 Å². The number of benzene rings is 1. The second-order valence-electron chi connectivity index (χ2n) is 9.17. The molecule has 0 saturated heterocycles. The summed E-state index contributed by atoms with van der Waals surface area (Å²) >= 11 is 1.27. The van der Waals surface area contributed by atoms with Crippen molar-refractivity contribution in [3.63, 3.8) is 0 Å². The van der Waals surface area contributed by atoms with E-state index in [4.69, 9.17) is 9.84 Å². The number of carboxylic acid groups (broad SMARTS) is 1. The molecule has 0 aliphatic carbocycles. The van der Waals surface area contributed by atoms with Gasteiger partial charge in [0.1, 0.15) is 10.7 Å². The third-order valence-corrected chi connectivity index (χ3v) is 6.83. The van der Waals surface area contributed by atoms with E-state index < -0.39 is 35.9 Å². The van der Waals surface area contributed by atoms with Gasteiger partial charge in [-0.25, -0.2) is 4.98 Å². The fraction of sp³-hybridized carbons (Fsp3) is 0.520. The predicted molar refractivity (Wildman–Crippen MR) is 131 cm³/mol. The number of carboxylic acids is 1. The minimum absolute atomic E-state index is 0.212. The average Bonchev–Trinajstić information content (AvgIpc) is 3.24. The van der Waals surface area contributed by atoms with Crippen LogP contribution in [-0.2, 0) is 20.7 Å². The number of thiazole rings is 1. The number of aromatic nitrogens is 1. The first kappa shape index (κ1) is 27.3. The number of nitrogens with one attached hydrogen (secondary N) is 1. The molecule has 9 heteroatoms. The van der Waals surface area contributed by atoms with Gasteiger partial charge in [0.05, 0.1) is 5.92 Å². The van der Waals surface area contributed by atoms with Crippen molar-refractivity contribution in [1.29, 1.82) is 0 Å². The summed E-state index contributed by atoms with van der Waals surface area (Å²) in [6.07, 6.45) is 0.773. The van der Waals surface area contributed by atoms with Crippen molar-refractivity contribution in [1.82, 2.24) is 10.3 Å². The summed E-state index contributed by atoms with van der Waals surface area (Å²) in [6.45, 7) is 9.26. The number of rotatable bonds is 12. The zero-order valence-electron chi connectivity index (χ0n) is 20.3. The molecule has 0 spiro atoms. The summed E-state index contributed by atoms with van der Waals surface area (Å²) in [4.78, 5) is 40.5. The number of hydrogen-bond acceptors (Lipinski definition) is 6. The molecule has 1 amide bonds. The lowest BCUT2D eigenvalue weighted by Gasteiger charge is -2.22. The minimum atomic E-state index is -0.930. The standard InChI is InChI=1S/C25H34N2O6S/c1-14(2)15(3)11-22(33-17(5)28)24-27-21(13-34-24)23(30)26-19(10-16(4)25(31)32)12-18-6-8-20(29)9-7-18/h6-9,13-16,19,22,29H,10-12H2,1-5H3,(H,26,30)(H,31,32)/p+1. The molecule has 0 saturated carbocycles. The van der Waals surface area contributed by atoms with Crippen LogP contribution in [0.25, 0.3) is 0 Å². The van der Waals surface area contributed by atoms with Crippen molar-refractivity contribution in [2.75, 3.05) is 0 Å². The zero-order valence-corrected chi connectivity index (χ0v) is 21.1. The number of aliphatic carboxylic acids is 1. The summed E-state index contributed by atoms with van der Waals surface area (Å²) in [5, 5.41) is 22.1. The highest BCUT2D eigenvalue weighted by molar-refractivity contribution is 7.09. The molecule has 0 fully saturated rings. The van der Waals surface area contributed by atoms with Crippen LogP contribution in [0, 0.1) is 17.8 Å². The van der Waals surface area contributed by atoms with Crippen LogP contribution >= 0.6 is 11.3 Å². The van der Waals surface area contributed by atoms with Crippen LogP contribution in [0.1, 0.15) is 74.6 Å². The highest BCUT2D eigenvalue weighted by Crippen LogP contribution is 2.31. The molecular weight excluding hydrogens is 456 g/mol. The van der Waals surface area contributed by atoms with Crippen molar-refractivity contribution in [2.24, 2.45) is 17.8 Å². The highest BCUT2D eigenvalue weighted by Gasteiger charge is 2.26. The van der Waals surface area contributed by atoms with Gasteiger partial charge in [-0.1, -0.05) is 27.7 Å². The Bertz CT molecular complexity index is 972. The minimum Gasteiger partial charge on any atom is -0.593 e. The van der Waals surface area contributed by atoms with Crippen molar-refractivity contribution < 1.29 is 29.3 Å². The van der Waals surface area contributed by atoms with Gasteiger partial charge in [0.15, 0.2) is 6.10 Å². The summed E-state index contributed by atoms with van der Waals surface area (Å²) in [5.74, 6) is -1.29. The molecule has 8 nitrogen and oxygen atoms in total. The quantitative estimate of drug-likeness (QED) is 0.336. The molecule has 0 bridgehead atoms. The number of hydrogen-bond donors (Lipinski definition) is 2. The lowest BCUT2D eigenvalue weighted by Crippen LogP contribution is -2.38. The van der Waals surface area contributed by atoms with E-state index in [9.17, 15) is 19.5 Å². The molecule has 1 heterocycles. The van der Waals surface area contributed by atoms with E-state index in [-0.39, 0.29) is 12.1 Å². The number of nitrogens with zero attached hydrogens (tertiary/aromatic N) is 1. The molecule has 0 aliphatic heterocycles. The lowest BCUT2D eigenvalue weighted by atomic mass is 9.92. The third kappa shape index (κ3) is 8.44. The summed E-state index contributed by atoms with van der Waals surface area (Å²) in [5.41, 5.74) is 1.11. The fourth-order valence-electron chi connectivity index (χ4n) is 3.45. The average molecular weight is 492 g/mol. The van der Waals surface area contributed by atoms with E-state index in [1.165, 1.54) is 18.3 Å². The van der Waals surface area contributed by atoms with Gasteiger partial charge in [-0.2, -0.15) is 0 Å². The molecular formula is C25H35N2O6S+. The first-order valence-electron chi connectivity index (χ1n) is 11.4. The second kappa shape index (κ2) is 12.5. The maximum atomic E-state index is 13.0. The Labute approximate surface area is 204 Å². The molecule has 2 aromatic rings. The number of esters is 1. The van der Waals surface area contributed by atoms with Crippen LogP contribution in [0.5, 0.6) is 5.75 Å². The van der Waals surface area contributed by atoms with Gasteiger partial charge in [0.25, 0.3) is 11.7 Å². The van der Waals surface area contributed by atoms with Gasteiger partial charge in [-0.3, -0.25) is 14.4 Å². The summed E-state index contributed by atoms with van der Waals surface area (Å²) in [6, 6.07) is 6.50. The molecule has 1 aromatic carbocycles. The number of amides is 1. The Hall–Kier alpha value is -2.94. The van der Waals surface area contributed by atoms with Gasteiger partial charge >= 0.3 is 11.9 Å². The Morgan fingerprint density at radius 2 is 1.76 bits per heavy atom. The van der Waals surface area contributed by atoms with E-state index in [1.54, 1.807) is 36.6 Å². The van der Waals surface area contributed by atoms with E-state index in [2.05, 4.69) is 31.1 Å². The Morgan fingerprint density at radius 3 is 2.32 bits per heavy atom. The molecule has 186 valence electrons. The molecule has 0 radical (unpaired) electrons. The third-order valence-electron chi connectivity index (χ3n) is 5.89. The molecule has 4 N–H and O–H groups in total. The van der Waals surface area contributed by atoms with Crippen LogP contribution in [0.15, 0.2) is 29.6 Å². The predicted octanol–water partition coefficient (Wildman–Crippen LogP) is 4.32. The number of carbonyl (C=O) groups is 3. The van der Waals surface area contributed by atoms with E-state index >= 15 is 0 Å². The number of ether oxygens (including phenoxy) is 1. The molecule has 1 aromatic heterocycles. The highest BCUT2D eigenvalue weighted by atomic mass is 32.1. The smallest absolute Gasteiger partial charge is 0.306 e. The Morgan fingerprint density at radius 1 is 1.12 bits per heavy atom. The zero-order chi connectivity index (χ0) is 25.4. The maximum Gasteiger partial charge on any atom is 0.306 e. The van der Waals surface area contributed by atoms with E-state index in [0.717, 1.165) is 5.56 Å². The largest absolute Gasteiger partial charge is 0.593 e. The van der Waals surface area contributed by atoms with Crippen molar-refractivity contribution in [2.45, 2.75) is 66.0 Å². The number of carbonyl (C=O) groups excluding carboxylic acids is 2. The van der Waals surface area contributed by atoms with Crippen molar-refractivity contribution in [3.8, 4) is 5.75 Å². The van der Waals surface area contributed by atoms with Gasteiger partial charge in [0, 0.05) is 30.5 Å². The molecule has 34 heavy (non-hydrogen) atoms. The van der Waals surface area contributed by atoms with Crippen LogP contribution in [-0.4, -0.2) is 39.1 Å². The fourth-order valence-corrected chi connectivity index (χ4v) is 4.29. The van der Waals surface area contributed by atoms with Gasteiger partial charge in [0.2, 0.25) is 0 Å². The van der Waals surface area contributed by atoms with Gasteiger partial charge in [-0.15, -0.1) is 11.3 Å². The van der Waals surface area contributed by atoms with Crippen molar-refractivity contribution >= 4 is 29.2 Å². The van der Waals surface area contributed by atoms with Gasteiger partial charge < -0.3 is 20.3 Å².